The van der Waals surface area contributed by atoms with Gasteiger partial charge in [-0.25, -0.2) is 0 Å². The molecule has 3 nitrogen and oxygen atoms in total. The van der Waals surface area contributed by atoms with Crippen LogP contribution in [0.15, 0.2) is 18.2 Å². The van der Waals surface area contributed by atoms with E-state index in [9.17, 15) is 9.90 Å². The number of amides is 1. The molecule has 0 unspecified atom stereocenters. The maximum atomic E-state index is 12.5. The maximum Gasteiger partial charge on any atom is 0.225 e. The van der Waals surface area contributed by atoms with E-state index in [1.165, 1.54) is 42.4 Å². The molecule has 0 bridgehead atoms. The fourth-order valence-corrected chi connectivity index (χ4v) is 5.65. The quantitative estimate of drug-likeness (QED) is 0.911. The standard InChI is InChI=1S/C22H29NO2/c1-14-7-16(15-3-4-15)5-6-19(14)17-10-22(11-17)12-23(13-22)20(24)18-8-21(2,25)9-18/h5-7,15,17-18,25H,3-4,8-13H2,1-2H3. The molecule has 5 rings (SSSR count). The molecule has 0 atom stereocenters. The second kappa shape index (κ2) is 5.09. The van der Waals surface area contributed by atoms with Gasteiger partial charge in [-0.1, -0.05) is 18.2 Å². The largest absolute Gasteiger partial charge is 0.390 e. The molecule has 134 valence electrons. The fourth-order valence-electron chi connectivity index (χ4n) is 5.65. The van der Waals surface area contributed by atoms with Crippen LogP contribution >= 0.6 is 0 Å². The van der Waals surface area contributed by atoms with Crippen molar-refractivity contribution in [1.82, 2.24) is 4.90 Å². The van der Waals surface area contributed by atoms with E-state index in [1.807, 2.05) is 11.8 Å². The van der Waals surface area contributed by atoms with E-state index in [4.69, 9.17) is 0 Å². The van der Waals surface area contributed by atoms with Gasteiger partial charge >= 0.3 is 0 Å². The molecular weight excluding hydrogens is 310 g/mol. The Morgan fingerprint density at radius 3 is 2.36 bits per heavy atom. The lowest BCUT2D eigenvalue weighted by Gasteiger charge is -2.60. The third-order valence-electron chi connectivity index (χ3n) is 7.23. The Hall–Kier alpha value is -1.35. The van der Waals surface area contributed by atoms with Gasteiger partial charge in [0.15, 0.2) is 0 Å². The summed E-state index contributed by atoms with van der Waals surface area (Å²) in [5.74, 6) is 1.87. The van der Waals surface area contributed by atoms with Crippen LogP contribution in [0.1, 0.15) is 74.0 Å². The van der Waals surface area contributed by atoms with Crippen LogP contribution < -0.4 is 0 Å². The van der Waals surface area contributed by atoms with Crippen molar-refractivity contribution in [3.05, 3.63) is 34.9 Å². The highest BCUT2D eigenvalue weighted by atomic mass is 16.3. The number of hydrogen-bond acceptors (Lipinski definition) is 2. The summed E-state index contributed by atoms with van der Waals surface area (Å²) in [6, 6.07) is 7.14. The first-order valence-electron chi connectivity index (χ1n) is 9.96. The Bertz CT molecular complexity index is 712. The molecule has 1 aliphatic heterocycles. The SMILES string of the molecule is Cc1cc(C2CC2)ccc1C1CC2(C1)CN(C(=O)C1CC(C)(O)C1)C2. The van der Waals surface area contributed by atoms with Gasteiger partial charge in [-0.2, -0.15) is 0 Å². The zero-order valence-corrected chi connectivity index (χ0v) is 15.4. The minimum Gasteiger partial charge on any atom is -0.390 e. The van der Waals surface area contributed by atoms with Gasteiger partial charge < -0.3 is 10.0 Å². The topological polar surface area (TPSA) is 40.5 Å². The highest BCUT2D eigenvalue weighted by molar-refractivity contribution is 5.81. The Morgan fingerprint density at radius 1 is 1.12 bits per heavy atom. The number of aryl methyl sites for hydroxylation is 1. The van der Waals surface area contributed by atoms with Crippen molar-refractivity contribution in [2.24, 2.45) is 11.3 Å². The van der Waals surface area contributed by atoms with Crippen molar-refractivity contribution < 1.29 is 9.90 Å². The van der Waals surface area contributed by atoms with E-state index in [1.54, 1.807) is 0 Å². The molecule has 1 amide bonds. The number of benzene rings is 1. The summed E-state index contributed by atoms with van der Waals surface area (Å²) >= 11 is 0. The average Bonchev–Trinajstić information content (AvgIpc) is 3.27. The summed E-state index contributed by atoms with van der Waals surface area (Å²) in [7, 11) is 0. The number of likely N-dealkylation sites (tertiary alicyclic amines) is 1. The first kappa shape index (κ1) is 15.9. The van der Waals surface area contributed by atoms with Crippen LogP contribution in [0.5, 0.6) is 0 Å². The van der Waals surface area contributed by atoms with Crippen LogP contribution in [0.3, 0.4) is 0 Å². The lowest BCUT2D eigenvalue weighted by molar-refractivity contribution is -0.168. The van der Waals surface area contributed by atoms with Crippen LogP contribution in [-0.2, 0) is 4.79 Å². The van der Waals surface area contributed by atoms with Crippen molar-refractivity contribution in [1.29, 1.82) is 0 Å². The fraction of sp³-hybridized carbons (Fsp3) is 0.682. The number of nitrogens with zero attached hydrogens (tertiary/aromatic N) is 1. The molecule has 4 fully saturated rings. The normalized spacial score (nSPS) is 33.6. The highest BCUT2D eigenvalue weighted by Crippen LogP contribution is 2.57. The summed E-state index contributed by atoms with van der Waals surface area (Å²) in [5, 5.41) is 9.84. The summed E-state index contributed by atoms with van der Waals surface area (Å²) < 4.78 is 0. The molecule has 1 saturated heterocycles. The van der Waals surface area contributed by atoms with Gasteiger partial charge in [0, 0.05) is 24.4 Å². The monoisotopic (exact) mass is 339 g/mol. The van der Waals surface area contributed by atoms with E-state index in [0.717, 1.165) is 19.0 Å². The molecule has 0 aromatic heterocycles. The van der Waals surface area contributed by atoms with Crippen molar-refractivity contribution in [3.63, 3.8) is 0 Å². The molecule has 4 aliphatic rings. The van der Waals surface area contributed by atoms with E-state index >= 15 is 0 Å². The van der Waals surface area contributed by atoms with Crippen molar-refractivity contribution >= 4 is 5.91 Å². The summed E-state index contributed by atoms with van der Waals surface area (Å²) in [4.78, 5) is 14.5. The van der Waals surface area contributed by atoms with Gasteiger partial charge in [0.2, 0.25) is 5.91 Å². The van der Waals surface area contributed by atoms with Crippen LogP contribution in [0.4, 0.5) is 0 Å². The molecule has 1 heterocycles. The number of carbonyl (C=O) groups excluding carboxylic acids is 1. The predicted octanol–water partition coefficient (Wildman–Crippen LogP) is 3.74. The third kappa shape index (κ3) is 2.63. The Balaban J connectivity index is 1.16. The van der Waals surface area contributed by atoms with Crippen molar-refractivity contribution in [2.75, 3.05) is 13.1 Å². The summed E-state index contributed by atoms with van der Waals surface area (Å²) in [6.45, 7) is 5.99. The molecule has 1 aromatic rings. The zero-order valence-electron chi connectivity index (χ0n) is 15.4. The minimum absolute atomic E-state index is 0.0698. The minimum atomic E-state index is -0.603. The first-order chi connectivity index (χ1) is 11.8. The van der Waals surface area contributed by atoms with Gasteiger partial charge in [0.05, 0.1) is 5.60 Å². The smallest absolute Gasteiger partial charge is 0.225 e. The van der Waals surface area contributed by atoms with Gasteiger partial charge in [0.25, 0.3) is 0 Å². The van der Waals surface area contributed by atoms with E-state index in [-0.39, 0.29) is 11.8 Å². The maximum absolute atomic E-state index is 12.5. The Kier molecular flexibility index (Phi) is 3.23. The molecule has 25 heavy (non-hydrogen) atoms. The van der Waals surface area contributed by atoms with Crippen LogP contribution in [0.25, 0.3) is 0 Å². The lowest BCUT2D eigenvalue weighted by Crippen LogP contribution is -2.65. The van der Waals surface area contributed by atoms with Crippen LogP contribution in [0, 0.1) is 18.3 Å². The molecule has 3 saturated carbocycles. The predicted molar refractivity (Wildman–Crippen MR) is 97.5 cm³/mol. The first-order valence-corrected chi connectivity index (χ1v) is 9.96. The number of aliphatic hydroxyl groups is 1. The van der Waals surface area contributed by atoms with Gasteiger partial charge in [-0.05, 0) is 80.9 Å². The summed E-state index contributed by atoms with van der Waals surface area (Å²) in [5.41, 5.74) is 4.33. The number of hydrogen-bond donors (Lipinski definition) is 1. The van der Waals surface area contributed by atoms with Gasteiger partial charge in [-0.15, -0.1) is 0 Å². The van der Waals surface area contributed by atoms with E-state index in [0.29, 0.717) is 24.2 Å². The van der Waals surface area contributed by atoms with E-state index in [2.05, 4.69) is 25.1 Å². The zero-order chi connectivity index (χ0) is 17.4. The van der Waals surface area contributed by atoms with Crippen LogP contribution in [-0.4, -0.2) is 34.6 Å². The van der Waals surface area contributed by atoms with Crippen molar-refractivity contribution in [3.8, 4) is 0 Å². The molecule has 1 N–H and O–H groups in total. The molecule has 0 radical (unpaired) electrons. The third-order valence-corrected chi connectivity index (χ3v) is 7.23. The second-order valence-electron chi connectivity index (χ2n) is 9.79. The molecule has 1 aromatic carbocycles. The Morgan fingerprint density at radius 2 is 1.80 bits per heavy atom. The van der Waals surface area contributed by atoms with Gasteiger partial charge in [-0.3, -0.25) is 4.79 Å². The second-order valence-corrected chi connectivity index (χ2v) is 9.79. The number of carbonyl (C=O) groups is 1. The average molecular weight is 339 g/mol. The van der Waals surface area contributed by atoms with Crippen molar-refractivity contribution in [2.45, 2.75) is 69.8 Å². The van der Waals surface area contributed by atoms with Crippen LogP contribution in [0.2, 0.25) is 0 Å². The molecule has 3 aliphatic carbocycles. The van der Waals surface area contributed by atoms with Gasteiger partial charge in [0.1, 0.15) is 0 Å². The Labute approximate surface area is 150 Å². The molecular formula is C22H29NO2. The van der Waals surface area contributed by atoms with E-state index < -0.39 is 5.60 Å². The lowest BCUT2D eigenvalue weighted by atomic mass is 9.55. The molecule has 1 spiro atoms. The number of rotatable bonds is 3. The summed E-state index contributed by atoms with van der Waals surface area (Å²) in [6.07, 6.45) is 6.50. The highest BCUT2D eigenvalue weighted by Gasteiger charge is 2.56. The molecule has 3 heteroatoms.